The molecule has 0 fully saturated rings. The van der Waals surface area contributed by atoms with Crippen LogP contribution in [0.5, 0.6) is 0 Å². The van der Waals surface area contributed by atoms with Gasteiger partial charge in [-0.25, -0.2) is 0 Å². The van der Waals surface area contributed by atoms with E-state index in [-0.39, 0.29) is 18.5 Å². The maximum absolute atomic E-state index is 12.5. The van der Waals surface area contributed by atoms with Crippen molar-refractivity contribution in [2.45, 2.75) is 437 Å². The number of unbranched alkanes of at least 4 members (excludes halogenated alkanes) is 58. The first-order valence-electron chi connectivity index (χ1n) is 36.3. The van der Waals surface area contributed by atoms with E-state index in [1.165, 1.54) is 353 Å². The predicted molar refractivity (Wildman–Crippen MR) is 343 cm³/mol. The monoisotopic (exact) mass is 1100 g/mol. The van der Waals surface area contributed by atoms with Gasteiger partial charge in [0.2, 0.25) is 5.91 Å². The van der Waals surface area contributed by atoms with Crippen LogP contribution < -0.4 is 5.32 Å². The van der Waals surface area contributed by atoms with Crippen LogP contribution in [0.2, 0.25) is 0 Å². The molecule has 0 aliphatic heterocycles. The maximum atomic E-state index is 12.5. The van der Waals surface area contributed by atoms with E-state index in [9.17, 15) is 19.8 Å². The Hall–Kier alpha value is -1.14. The Morgan fingerprint density at radius 1 is 0.308 bits per heavy atom. The highest BCUT2D eigenvalue weighted by Gasteiger charge is 2.20. The van der Waals surface area contributed by atoms with Crippen LogP contribution in [0.15, 0.2) is 0 Å². The third-order valence-corrected chi connectivity index (χ3v) is 17.4. The fourth-order valence-electron chi connectivity index (χ4n) is 11.9. The SMILES string of the molecule is CCCCCCCCCCCCCCCCCCCCCCC(O)C(CO)NC(=O)CCCCCCCCCCCCCCCCCCCCCCCCCCCCCCCOC(=O)CCCCCCCCCCCCCC. The Morgan fingerprint density at radius 3 is 0.782 bits per heavy atom. The van der Waals surface area contributed by atoms with Crippen molar-refractivity contribution in [1.29, 1.82) is 0 Å². The van der Waals surface area contributed by atoms with Gasteiger partial charge in [-0.1, -0.05) is 386 Å². The summed E-state index contributed by atoms with van der Waals surface area (Å²) in [7, 11) is 0. The van der Waals surface area contributed by atoms with Crippen LogP contribution in [-0.2, 0) is 14.3 Å². The lowest BCUT2D eigenvalue weighted by molar-refractivity contribution is -0.143. The second-order valence-electron chi connectivity index (χ2n) is 25.3. The first kappa shape index (κ1) is 76.9. The average Bonchev–Trinajstić information content (AvgIpc) is 3.44. The smallest absolute Gasteiger partial charge is 0.305 e. The summed E-state index contributed by atoms with van der Waals surface area (Å²) in [6.07, 6.45) is 83.1. The first-order chi connectivity index (χ1) is 38.5. The Kier molecular flexibility index (Phi) is 67.4. The minimum absolute atomic E-state index is 0.0215. The Balaban J connectivity index is 3.33. The summed E-state index contributed by atoms with van der Waals surface area (Å²) in [5.41, 5.74) is 0. The van der Waals surface area contributed by atoms with E-state index >= 15 is 0 Å². The summed E-state index contributed by atoms with van der Waals surface area (Å²) in [6, 6.07) is -0.538. The van der Waals surface area contributed by atoms with Gasteiger partial charge in [0.25, 0.3) is 0 Å². The van der Waals surface area contributed by atoms with Crippen molar-refractivity contribution < 1.29 is 24.5 Å². The number of aliphatic hydroxyl groups excluding tert-OH is 2. The molecule has 0 radical (unpaired) electrons. The van der Waals surface area contributed by atoms with Crippen molar-refractivity contribution in [3.63, 3.8) is 0 Å². The van der Waals surface area contributed by atoms with E-state index in [4.69, 9.17) is 4.74 Å². The maximum Gasteiger partial charge on any atom is 0.305 e. The van der Waals surface area contributed by atoms with E-state index in [0.29, 0.717) is 25.9 Å². The van der Waals surface area contributed by atoms with Crippen LogP contribution >= 0.6 is 0 Å². The zero-order chi connectivity index (χ0) is 56.4. The fraction of sp³-hybridized carbons (Fsp3) is 0.972. The van der Waals surface area contributed by atoms with Crippen LogP contribution in [0.25, 0.3) is 0 Å². The summed E-state index contributed by atoms with van der Waals surface area (Å²) in [4.78, 5) is 24.6. The molecule has 0 saturated heterocycles. The molecule has 0 heterocycles. The quantitative estimate of drug-likeness (QED) is 0.0417. The molecule has 0 aromatic carbocycles. The van der Waals surface area contributed by atoms with Crippen LogP contribution in [0, 0.1) is 0 Å². The average molecular weight is 1100 g/mol. The van der Waals surface area contributed by atoms with E-state index < -0.39 is 12.1 Å². The number of hydrogen-bond donors (Lipinski definition) is 3. The van der Waals surface area contributed by atoms with E-state index in [1.54, 1.807) is 0 Å². The number of amides is 1. The molecule has 2 unspecified atom stereocenters. The van der Waals surface area contributed by atoms with Crippen molar-refractivity contribution in [2.24, 2.45) is 0 Å². The Morgan fingerprint density at radius 2 is 0.526 bits per heavy atom. The van der Waals surface area contributed by atoms with Crippen LogP contribution in [0.1, 0.15) is 425 Å². The molecule has 466 valence electrons. The molecule has 0 spiro atoms. The number of nitrogens with one attached hydrogen (secondary N) is 1. The molecule has 0 bridgehead atoms. The van der Waals surface area contributed by atoms with E-state index in [2.05, 4.69) is 19.2 Å². The molecule has 78 heavy (non-hydrogen) atoms. The van der Waals surface area contributed by atoms with Gasteiger partial charge in [-0.05, 0) is 25.7 Å². The summed E-state index contributed by atoms with van der Waals surface area (Å²) >= 11 is 0. The molecule has 0 aromatic heterocycles. The molecule has 0 aromatic rings. The number of rotatable bonds is 69. The van der Waals surface area contributed by atoms with Gasteiger partial charge in [-0.15, -0.1) is 0 Å². The van der Waals surface area contributed by atoms with Crippen molar-refractivity contribution in [2.75, 3.05) is 13.2 Å². The molecular formula is C72H143NO5. The molecule has 0 saturated carbocycles. The molecule has 0 rings (SSSR count). The number of carbonyl (C=O) groups is 2. The third-order valence-electron chi connectivity index (χ3n) is 17.4. The lowest BCUT2D eigenvalue weighted by Crippen LogP contribution is -2.45. The standard InChI is InChI=1S/C72H143NO5/c1-3-5-7-9-11-13-15-17-18-19-20-32-35-38-41-44-48-52-56-60-64-70(75)69(68-74)73-71(76)65-61-57-53-49-45-42-39-36-33-30-28-26-24-22-21-23-25-27-29-31-34-37-40-43-47-51-55-59-63-67-78-72(77)66-62-58-54-50-46-16-14-12-10-8-6-4-2/h69-70,74-75H,3-68H2,1-2H3,(H,73,76). The van der Waals surface area contributed by atoms with Crippen molar-refractivity contribution in [3.8, 4) is 0 Å². The predicted octanol–water partition coefficient (Wildman–Crippen LogP) is 23.4. The normalized spacial score (nSPS) is 12.4. The zero-order valence-corrected chi connectivity index (χ0v) is 53.4. The van der Waals surface area contributed by atoms with Crippen molar-refractivity contribution in [1.82, 2.24) is 5.32 Å². The first-order valence-corrected chi connectivity index (χ1v) is 36.3. The van der Waals surface area contributed by atoms with Gasteiger partial charge in [0.15, 0.2) is 0 Å². The number of hydrogen-bond acceptors (Lipinski definition) is 5. The number of esters is 1. The topological polar surface area (TPSA) is 95.9 Å². The van der Waals surface area contributed by atoms with Crippen molar-refractivity contribution >= 4 is 11.9 Å². The summed E-state index contributed by atoms with van der Waals surface area (Å²) in [6.45, 7) is 5.00. The van der Waals surface area contributed by atoms with E-state index in [1.807, 2.05) is 0 Å². The molecule has 2 atom stereocenters. The highest BCUT2D eigenvalue weighted by atomic mass is 16.5. The van der Waals surface area contributed by atoms with Gasteiger partial charge in [0, 0.05) is 12.8 Å². The van der Waals surface area contributed by atoms with Crippen molar-refractivity contribution in [3.05, 3.63) is 0 Å². The number of carbonyl (C=O) groups excluding carboxylic acids is 2. The minimum atomic E-state index is -0.661. The second kappa shape index (κ2) is 68.4. The summed E-state index contributed by atoms with van der Waals surface area (Å²) < 4.78 is 5.49. The summed E-state index contributed by atoms with van der Waals surface area (Å²) in [5.74, 6) is -0.00457. The highest BCUT2D eigenvalue weighted by molar-refractivity contribution is 5.76. The highest BCUT2D eigenvalue weighted by Crippen LogP contribution is 2.20. The van der Waals surface area contributed by atoms with Gasteiger partial charge in [-0.3, -0.25) is 9.59 Å². The Bertz CT molecular complexity index is 1130. The lowest BCUT2D eigenvalue weighted by atomic mass is 10.0. The molecule has 6 heteroatoms. The van der Waals surface area contributed by atoms with Crippen LogP contribution in [-0.4, -0.2) is 47.4 Å². The van der Waals surface area contributed by atoms with Crippen LogP contribution in [0.3, 0.4) is 0 Å². The number of aliphatic hydroxyl groups is 2. The molecule has 1 amide bonds. The fourth-order valence-corrected chi connectivity index (χ4v) is 11.9. The summed E-state index contributed by atoms with van der Waals surface area (Å²) in [5, 5.41) is 23.4. The molecule has 0 aliphatic carbocycles. The van der Waals surface area contributed by atoms with Gasteiger partial charge in [-0.2, -0.15) is 0 Å². The largest absolute Gasteiger partial charge is 0.466 e. The molecular weight excluding hydrogens is 959 g/mol. The minimum Gasteiger partial charge on any atom is -0.466 e. The molecule has 0 aliphatic rings. The number of ether oxygens (including phenoxy) is 1. The molecule has 3 N–H and O–H groups in total. The van der Waals surface area contributed by atoms with Gasteiger partial charge in [0.05, 0.1) is 25.4 Å². The molecule has 6 nitrogen and oxygen atoms in total. The third kappa shape index (κ3) is 64.0. The van der Waals surface area contributed by atoms with Gasteiger partial charge >= 0.3 is 5.97 Å². The lowest BCUT2D eigenvalue weighted by Gasteiger charge is -2.22. The van der Waals surface area contributed by atoms with E-state index in [0.717, 1.165) is 38.5 Å². The van der Waals surface area contributed by atoms with Gasteiger partial charge in [0.1, 0.15) is 0 Å². The van der Waals surface area contributed by atoms with Gasteiger partial charge < -0.3 is 20.3 Å². The Labute approximate surface area is 489 Å². The zero-order valence-electron chi connectivity index (χ0n) is 53.4. The van der Waals surface area contributed by atoms with Crippen LogP contribution in [0.4, 0.5) is 0 Å². The second-order valence-corrected chi connectivity index (χ2v) is 25.3.